The second kappa shape index (κ2) is 2.56. The molecule has 0 unspecified atom stereocenters. The van der Waals surface area contributed by atoms with Gasteiger partial charge in [-0.25, -0.2) is 18.4 Å². The van der Waals surface area contributed by atoms with Crippen molar-refractivity contribution in [2.45, 2.75) is 29.9 Å². The van der Waals surface area contributed by atoms with Crippen LogP contribution in [0.5, 0.6) is 0 Å². The van der Waals surface area contributed by atoms with Gasteiger partial charge in [-0.1, -0.05) is 0 Å². The largest absolute Gasteiger partial charge is 0.319 e. The summed E-state index contributed by atoms with van der Waals surface area (Å²) in [4.78, 5) is 8.42. The lowest BCUT2D eigenvalue weighted by Gasteiger charge is -2.07. The minimum atomic E-state index is -2.99. The van der Waals surface area contributed by atoms with Crippen molar-refractivity contribution in [3.05, 3.63) is 23.3 Å². The minimum absolute atomic E-state index is 0.0356. The molecule has 0 bridgehead atoms. The molecule has 1 saturated carbocycles. The number of nitrogens with zero attached hydrogens (tertiary/aromatic N) is 2. The lowest BCUT2D eigenvalue weighted by molar-refractivity contribution is 0.597. The third-order valence-corrected chi connectivity index (χ3v) is 4.38. The van der Waals surface area contributed by atoms with Gasteiger partial charge in [-0.2, -0.15) is 0 Å². The van der Waals surface area contributed by atoms with Crippen LogP contribution in [0.2, 0.25) is 0 Å². The molecule has 1 aromatic heterocycles. The molecule has 0 amide bonds. The molecular formula is C9H11N3O2S. The van der Waals surface area contributed by atoms with E-state index in [1.807, 2.05) is 0 Å². The average Bonchev–Trinajstić information content (AvgIpc) is 2.78. The van der Waals surface area contributed by atoms with Crippen molar-refractivity contribution >= 4 is 9.84 Å². The first-order valence-corrected chi connectivity index (χ1v) is 6.65. The quantitative estimate of drug-likeness (QED) is 0.718. The molecule has 15 heavy (non-hydrogen) atoms. The maximum Gasteiger partial charge on any atom is 0.160 e. The third-order valence-electron chi connectivity index (χ3n) is 2.92. The Labute approximate surface area is 87.6 Å². The van der Waals surface area contributed by atoms with Gasteiger partial charge in [0.05, 0.1) is 22.7 Å². The van der Waals surface area contributed by atoms with Gasteiger partial charge < -0.3 is 5.73 Å². The van der Waals surface area contributed by atoms with Crippen molar-refractivity contribution in [1.29, 1.82) is 0 Å². The lowest BCUT2D eigenvalue weighted by Crippen LogP contribution is -2.22. The monoisotopic (exact) mass is 225 g/mol. The number of hydrogen-bond acceptors (Lipinski definition) is 5. The molecule has 1 aliphatic carbocycles. The summed E-state index contributed by atoms with van der Waals surface area (Å²) in [6.45, 7) is 0. The van der Waals surface area contributed by atoms with Crippen LogP contribution in [0, 0.1) is 0 Å². The predicted octanol–water partition coefficient (Wildman–Crippen LogP) is -0.147. The Hall–Kier alpha value is -1.01. The molecular weight excluding hydrogens is 214 g/mol. The first kappa shape index (κ1) is 9.23. The van der Waals surface area contributed by atoms with E-state index in [0.29, 0.717) is 11.5 Å². The molecule has 2 aliphatic rings. The average molecular weight is 225 g/mol. The molecule has 3 rings (SSSR count). The molecule has 0 saturated heterocycles. The van der Waals surface area contributed by atoms with Crippen molar-refractivity contribution < 1.29 is 8.42 Å². The minimum Gasteiger partial charge on any atom is -0.319 e. The van der Waals surface area contributed by atoms with E-state index in [-0.39, 0.29) is 17.0 Å². The number of sulfone groups is 1. The van der Waals surface area contributed by atoms with Gasteiger partial charge >= 0.3 is 0 Å². The number of nitrogens with two attached hydrogens (primary N) is 1. The maximum absolute atomic E-state index is 11.4. The molecule has 2 heterocycles. The summed E-state index contributed by atoms with van der Waals surface area (Å²) in [5, 5.41) is 0. The molecule has 6 heteroatoms. The van der Waals surface area contributed by atoms with E-state index in [2.05, 4.69) is 9.97 Å². The summed E-state index contributed by atoms with van der Waals surface area (Å²) in [5.41, 5.74) is 6.93. The van der Waals surface area contributed by atoms with Crippen LogP contribution in [0.1, 0.15) is 29.9 Å². The summed E-state index contributed by atoms with van der Waals surface area (Å²) >= 11 is 0. The van der Waals surface area contributed by atoms with Crippen LogP contribution in [-0.2, 0) is 26.9 Å². The zero-order valence-electron chi connectivity index (χ0n) is 8.10. The van der Waals surface area contributed by atoms with Gasteiger partial charge in [0.25, 0.3) is 0 Å². The molecule has 0 atom stereocenters. The number of fused-ring (bicyclic) bond motifs is 1. The van der Waals surface area contributed by atoms with Crippen LogP contribution >= 0.6 is 0 Å². The summed E-state index contributed by atoms with van der Waals surface area (Å²) in [6.07, 6.45) is 3.38. The molecule has 2 N–H and O–H groups in total. The van der Waals surface area contributed by atoms with Crippen LogP contribution in [-0.4, -0.2) is 18.4 Å². The molecule has 1 aromatic rings. The van der Waals surface area contributed by atoms with E-state index < -0.39 is 9.84 Å². The van der Waals surface area contributed by atoms with Gasteiger partial charge in [0.1, 0.15) is 5.82 Å². The zero-order chi connectivity index (χ0) is 10.7. The number of hydrogen-bond donors (Lipinski definition) is 1. The van der Waals surface area contributed by atoms with E-state index in [9.17, 15) is 8.42 Å². The van der Waals surface area contributed by atoms with Gasteiger partial charge in [0, 0.05) is 11.8 Å². The second-order valence-corrected chi connectivity index (χ2v) is 6.42. The van der Waals surface area contributed by atoms with Crippen LogP contribution < -0.4 is 5.73 Å². The second-order valence-electron chi connectivity index (χ2n) is 4.35. The van der Waals surface area contributed by atoms with E-state index in [0.717, 1.165) is 18.4 Å². The predicted molar refractivity (Wildman–Crippen MR) is 53.5 cm³/mol. The molecule has 0 aromatic carbocycles. The summed E-state index contributed by atoms with van der Waals surface area (Å²) in [6, 6.07) is 0. The van der Waals surface area contributed by atoms with Gasteiger partial charge in [-0.15, -0.1) is 0 Å². The summed E-state index contributed by atoms with van der Waals surface area (Å²) in [5.74, 6) is 0.701. The molecule has 0 radical (unpaired) electrons. The fourth-order valence-corrected chi connectivity index (χ4v) is 3.27. The highest BCUT2D eigenvalue weighted by Crippen LogP contribution is 2.41. The number of rotatable bonds is 1. The summed E-state index contributed by atoms with van der Waals surface area (Å²) < 4.78 is 22.7. The van der Waals surface area contributed by atoms with E-state index in [1.54, 1.807) is 6.20 Å². The summed E-state index contributed by atoms with van der Waals surface area (Å²) in [7, 11) is -2.99. The van der Waals surface area contributed by atoms with Gasteiger partial charge in [-0.3, -0.25) is 0 Å². The van der Waals surface area contributed by atoms with E-state index >= 15 is 0 Å². The van der Waals surface area contributed by atoms with Crippen molar-refractivity contribution in [3.63, 3.8) is 0 Å². The Bertz CT molecular complexity index is 534. The zero-order valence-corrected chi connectivity index (χ0v) is 8.92. The molecule has 5 nitrogen and oxygen atoms in total. The van der Waals surface area contributed by atoms with Crippen LogP contribution in [0.3, 0.4) is 0 Å². The first-order valence-electron chi connectivity index (χ1n) is 4.83. The molecule has 0 spiro atoms. The standard InChI is InChI=1S/C9H11N3O2S/c10-9(1-2-9)8-11-3-6-4-15(13,14)5-7(6)12-8/h3H,1-2,4-5,10H2. The van der Waals surface area contributed by atoms with Gasteiger partial charge in [-0.05, 0) is 12.8 Å². The molecule has 80 valence electrons. The van der Waals surface area contributed by atoms with Crippen LogP contribution in [0.15, 0.2) is 6.20 Å². The smallest absolute Gasteiger partial charge is 0.160 e. The Morgan fingerprint density at radius 2 is 2.07 bits per heavy atom. The highest BCUT2D eigenvalue weighted by Gasteiger charge is 2.43. The molecule has 1 fully saturated rings. The van der Waals surface area contributed by atoms with Crippen molar-refractivity contribution in [1.82, 2.24) is 9.97 Å². The maximum atomic E-state index is 11.4. The van der Waals surface area contributed by atoms with E-state index in [1.165, 1.54) is 0 Å². The Balaban J connectivity index is 2.06. The van der Waals surface area contributed by atoms with Crippen molar-refractivity contribution in [2.75, 3.05) is 0 Å². The van der Waals surface area contributed by atoms with Gasteiger partial charge in [0.15, 0.2) is 9.84 Å². The number of aromatic nitrogens is 2. The van der Waals surface area contributed by atoms with E-state index in [4.69, 9.17) is 5.73 Å². The Kier molecular flexibility index (Phi) is 1.58. The lowest BCUT2D eigenvalue weighted by atomic mass is 10.2. The van der Waals surface area contributed by atoms with Gasteiger partial charge in [0.2, 0.25) is 0 Å². The Morgan fingerprint density at radius 1 is 1.33 bits per heavy atom. The van der Waals surface area contributed by atoms with Crippen molar-refractivity contribution in [2.24, 2.45) is 5.73 Å². The third kappa shape index (κ3) is 1.44. The molecule has 1 aliphatic heterocycles. The Morgan fingerprint density at radius 3 is 2.73 bits per heavy atom. The normalized spacial score (nSPS) is 24.9. The van der Waals surface area contributed by atoms with Crippen LogP contribution in [0.4, 0.5) is 0 Å². The topological polar surface area (TPSA) is 85.9 Å². The highest BCUT2D eigenvalue weighted by molar-refractivity contribution is 7.90. The fourth-order valence-electron chi connectivity index (χ4n) is 1.78. The fraction of sp³-hybridized carbons (Fsp3) is 0.556. The van der Waals surface area contributed by atoms with Crippen LogP contribution in [0.25, 0.3) is 0 Å². The first-order chi connectivity index (χ1) is 6.99. The highest BCUT2D eigenvalue weighted by atomic mass is 32.2. The SMILES string of the molecule is NC1(c2ncc3c(n2)CS(=O)(=O)C3)CC1. The van der Waals surface area contributed by atoms with Crippen molar-refractivity contribution in [3.8, 4) is 0 Å².